The van der Waals surface area contributed by atoms with Crippen LogP contribution in [0.5, 0.6) is 0 Å². The first-order valence-corrected chi connectivity index (χ1v) is 13.1. The van der Waals surface area contributed by atoms with Crippen molar-refractivity contribution in [1.29, 1.82) is 0 Å². The zero-order valence-corrected chi connectivity index (χ0v) is 21.4. The van der Waals surface area contributed by atoms with E-state index in [2.05, 4.69) is 36.1 Å². The lowest BCUT2D eigenvalue weighted by Crippen LogP contribution is -2.32. The lowest BCUT2D eigenvalue weighted by molar-refractivity contribution is -0.0294. The number of allylic oxidation sites excluding steroid dienone is 1. The van der Waals surface area contributed by atoms with Crippen LogP contribution in [0.15, 0.2) is 101 Å². The summed E-state index contributed by atoms with van der Waals surface area (Å²) in [5, 5.41) is 1.77. The Kier molecular flexibility index (Phi) is 11.0. The first-order chi connectivity index (χ1) is 17.1. The van der Waals surface area contributed by atoms with Crippen LogP contribution >= 0.6 is 0 Å². The molecule has 0 radical (unpaired) electrons. The molecule has 0 fully saturated rings. The molecule has 0 amide bonds. The lowest BCUT2D eigenvalue weighted by atomic mass is 9.83. The highest BCUT2D eigenvalue weighted by molar-refractivity contribution is 7.88. The third kappa shape index (κ3) is 9.30. The van der Waals surface area contributed by atoms with Gasteiger partial charge in [0.25, 0.3) is 0 Å². The molecule has 0 saturated carbocycles. The molecule has 0 spiro atoms. The largest absolute Gasteiger partial charge is 0.376 e. The molecule has 0 heterocycles. The molecule has 0 aromatic heterocycles. The van der Waals surface area contributed by atoms with Crippen molar-refractivity contribution in [2.24, 2.45) is 5.41 Å². The first kappa shape index (κ1) is 26.6. The molecule has 3 aromatic rings. The van der Waals surface area contributed by atoms with Crippen molar-refractivity contribution >= 4 is 10.8 Å². The zero-order chi connectivity index (χ0) is 24.8. The van der Waals surface area contributed by atoms with E-state index in [-0.39, 0.29) is 5.41 Å². The van der Waals surface area contributed by atoms with Crippen molar-refractivity contribution in [2.75, 3.05) is 13.2 Å². The third-order valence-corrected chi connectivity index (χ3v) is 6.88. The molecule has 0 bridgehead atoms. The molecular weight excluding hydrogens is 452 g/mol. The summed E-state index contributed by atoms with van der Waals surface area (Å²) < 4.78 is 25.2. The Hall–Kier alpha value is -2.97. The molecule has 1 atom stereocenters. The first-order valence-electron chi connectivity index (χ1n) is 11.9. The maximum absolute atomic E-state index is 12.8. The molecule has 0 aliphatic heterocycles. The molecule has 182 valence electrons. The van der Waals surface area contributed by atoms with Crippen LogP contribution in [0.25, 0.3) is 0 Å². The number of benzene rings is 3. The molecule has 0 aliphatic rings. The van der Waals surface area contributed by atoms with Gasteiger partial charge in [-0.1, -0.05) is 84.4 Å². The fourth-order valence-corrected chi connectivity index (χ4v) is 4.50. The molecule has 0 N–H and O–H groups in total. The van der Waals surface area contributed by atoms with Crippen LogP contribution in [-0.4, -0.2) is 17.4 Å². The van der Waals surface area contributed by atoms with Crippen LogP contribution in [-0.2, 0) is 33.5 Å². The van der Waals surface area contributed by atoms with E-state index in [9.17, 15) is 4.21 Å². The van der Waals surface area contributed by atoms with Gasteiger partial charge in [0.2, 0.25) is 0 Å². The van der Waals surface area contributed by atoms with Crippen molar-refractivity contribution in [3.05, 3.63) is 113 Å². The molecule has 0 unspecified atom stereocenters. The Balaban J connectivity index is 1.71. The van der Waals surface area contributed by atoms with E-state index in [1.807, 2.05) is 80.6 Å². The summed E-state index contributed by atoms with van der Waals surface area (Å²) in [6, 6.07) is 28.1. The van der Waals surface area contributed by atoms with Gasteiger partial charge in [0.15, 0.2) is 0 Å². The van der Waals surface area contributed by atoms with Crippen molar-refractivity contribution in [3.63, 3.8) is 0 Å². The highest BCUT2D eigenvalue weighted by Crippen LogP contribution is 2.30. The van der Waals surface area contributed by atoms with Crippen LogP contribution in [0.1, 0.15) is 36.5 Å². The van der Waals surface area contributed by atoms with Crippen molar-refractivity contribution in [3.8, 4) is 11.8 Å². The zero-order valence-electron chi connectivity index (χ0n) is 20.6. The van der Waals surface area contributed by atoms with Crippen molar-refractivity contribution < 1.29 is 13.7 Å². The van der Waals surface area contributed by atoms with E-state index in [0.29, 0.717) is 39.3 Å². The number of ether oxygens (including phenoxy) is 2. The summed E-state index contributed by atoms with van der Waals surface area (Å²) in [7, 11) is -1.20. The van der Waals surface area contributed by atoms with Gasteiger partial charge in [-0.25, -0.2) is 4.21 Å². The summed E-state index contributed by atoms with van der Waals surface area (Å²) in [5.41, 5.74) is 3.06. The van der Waals surface area contributed by atoms with E-state index in [1.54, 1.807) is 5.41 Å². The summed E-state index contributed by atoms with van der Waals surface area (Å²) in [6.45, 7) is 5.92. The van der Waals surface area contributed by atoms with Gasteiger partial charge in [0.1, 0.15) is 0 Å². The highest BCUT2D eigenvalue weighted by Gasteiger charge is 2.29. The summed E-state index contributed by atoms with van der Waals surface area (Å²) in [6.07, 6.45) is 3.28. The summed E-state index contributed by atoms with van der Waals surface area (Å²) >= 11 is 0. The summed E-state index contributed by atoms with van der Waals surface area (Å²) in [5.74, 6) is 6.27. The van der Waals surface area contributed by atoms with Crippen molar-refractivity contribution in [1.82, 2.24) is 0 Å². The predicted octanol–water partition coefficient (Wildman–Crippen LogP) is 6.84. The van der Waals surface area contributed by atoms with Gasteiger partial charge in [0, 0.05) is 22.1 Å². The van der Waals surface area contributed by atoms with Gasteiger partial charge in [0.05, 0.1) is 37.2 Å². The van der Waals surface area contributed by atoms with E-state index in [0.717, 1.165) is 21.6 Å². The molecule has 35 heavy (non-hydrogen) atoms. The fourth-order valence-electron chi connectivity index (χ4n) is 3.67. The second-order valence-corrected chi connectivity index (χ2v) is 10.1. The molecule has 4 heteroatoms. The predicted molar refractivity (Wildman–Crippen MR) is 144 cm³/mol. The Bertz CT molecular complexity index is 1080. The van der Waals surface area contributed by atoms with Gasteiger partial charge in [-0.05, 0) is 43.5 Å². The smallest absolute Gasteiger partial charge is 0.0772 e. The molecule has 3 nitrogen and oxygen atoms in total. The van der Waals surface area contributed by atoms with E-state index in [4.69, 9.17) is 9.47 Å². The van der Waals surface area contributed by atoms with Crippen LogP contribution in [0.4, 0.5) is 0 Å². The molecule has 3 rings (SSSR count). The van der Waals surface area contributed by atoms with E-state index >= 15 is 0 Å². The SMILES string of the molecule is CC#CCC(C/C=C/[S@@](=O)c1ccc(C)cc1)(COCc1ccccc1)COCc1ccccc1. The van der Waals surface area contributed by atoms with Gasteiger partial charge < -0.3 is 9.47 Å². The Labute approximate surface area is 212 Å². The lowest BCUT2D eigenvalue weighted by Gasteiger charge is -2.31. The van der Waals surface area contributed by atoms with E-state index < -0.39 is 10.8 Å². The van der Waals surface area contributed by atoms with E-state index in [1.165, 1.54) is 0 Å². The molecule has 3 aromatic carbocycles. The van der Waals surface area contributed by atoms with Gasteiger partial charge in [-0.15, -0.1) is 11.8 Å². The minimum absolute atomic E-state index is 0.347. The maximum Gasteiger partial charge on any atom is 0.0772 e. The van der Waals surface area contributed by atoms with Gasteiger partial charge in [-0.3, -0.25) is 0 Å². The topological polar surface area (TPSA) is 35.5 Å². The van der Waals surface area contributed by atoms with Crippen LogP contribution in [0.2, 0.25) is 0 Å². The maximum atomic E-state index is 12.8. The monoisotopic (exact) mass is 486 g/mol. The number of rotatable bonds is 13. The standard InChI is InChI=1S/C31H34O3S/c1-3-4-20-31(25-33-23-28-12-7-5-8-13-28,26-34-24-29-14-9-6-10-15-29)21-11-22-35(32)30-18-16-27(2)17-19-30/h5-19,22H,20-21,23-26H2,1-2H3/b22-11+/t35-/m1/s1. The minimum Gasteiger partial charge on any atom is -0.376 e. The normalized spacial score (nSPS) is 12.3. The Morgan fingerprint density at radius 1 is 0.829 bits per heavy atom. The van der Waals surface area contributed by atoms with Crippen molar-refractivity contribution in [2.45, 2.75) is 44.8 Å². The minimum atomic E-state index is -1.20. The second-order valence-electron chi connectivity index (χ2n) is 8.75. The quantitative estimate of drug-likeness (QED) is 0.248. The highest BCUT2D eigenvalue weighted by atomic mass is 32.2. The summed E-state index contributed by atoms with van der Waals surface area (Å²) in [4.78, 5) is 0.798. The van der Waals surface area contributed by atoms with Crippen LogP contribution in [0, 0.1) is 24.2 Å². The van der Waals surface area contributed by atoms with Gasteiger partial charge >= 0.3 is 0 Å². The van der Waals surface area contributed by atoms with Crippen LogP contribution in [0.3, 0.4) is 0 Å². The average molecular weight is 487 g/mol. The van der Waals surface area contributed by atoms with Gasteiger partial charge in [-0.2, -0.15) is 0 Å². The molecule has 0 aliphatic carbocycles. The number of hydrogen-bond donors (Lipinski definition) is 0. The molecule has 0 saturated heterocycles. The Morgan fingerprint density at radius 3 is 1.89 bits per heavy atom. The fraction of sp³-hybridized carbons (Fsp3) is 0.290. The Morgan fingerprint density at radius 2 is 1.37 bits per heavy atom. The molecular formula is C31H34O3S. The van der Waals surface area contributed by atoms with Crippen LogP contribution < -0.4 is 0 Å². The average Bonchev–Trinajstić information content (AvgIpc) is 2.89. The third-order valence-electron chi connectivity index (χ3n) is 5.70. The second kappa shape index (κ2) is 14.4. The number of hydrogen-bond acceptors (Lipinski definition) is 3. The number of aryl methyl sites for hydroxylation is 1.